The van der Waals surface area contributed by atoms with Crippen LogP contribution >= 0.6 is 7.82 Å². The van der Waals surface area contributed by atoms with Gasteiger partial charge in [-0.1, -0.05) is 34.6 Å². The second kappa shape index (κ2) is 23.6. The van der Waals surface area contributed by atoms with Gasteiger partial charge in [0.05, 0.1) is 24.3 Å². The Kier molecular flexibility index (Phi) is 18.7. The number of aliphatic hydroxyl groups is 3. The summed E-state index contributed by atoms with van der Waals surface area (Å²) >= 11 is 0. The van der Waals surface area contributed by atoms with Gasteiger partial charge in [-0.15, -0.1) is 0 Å². The van der Waals surface area contributed by atoms with E-state index < -0.39 is 143 Å². The van der Waals surface area contributed by atoms with Gasteiger partial charge in [-0.2, -0.15) is 0 Å². The summed E-state index contributed by atoms with van der Waals surface area (Å²) in [5.74, 6) is -7.21. The van der Waals surface area contributed by atoms with E-state index in [0.29, 0.717) is 45.4 Å². The highest BCUT2D eigenvalue weighted by atomic mass is 31.2. The molecular weight excluding hydrogens is 1060 g/mol. The lowest BCUT2D eigenvalue weighted by molar-refractivity contribution is -0.133. The van der Waals surface area contributed by atoms with E-state index in [1.807, 2.05) is 54.5 Å². The van der Waals surface area contributed by atoms with E-state index in [0.717, 1.165) is 0 Å². The number of amides is 7. The van der Waals surface area contributed by atoms with E-state index in [1.165, 1.54) is 6.92 Å². The van der Waals surface area contributed by atoms with Crippen LogP contribution in [0.15, 0.2) is 49.3 Å². The monoisotopic (exact) mass is 1140 g/mol. The lowest BCUT2D eigenvalue weighted by Crippen LogP contribution is -2.56. The topological polar surface area (TPSA) is 462 Å². The Hall–Kier alpha value is -5.73. The van der Waals surface area contributed by atoms with Gasteiger partial charge < -0.3 is 70.0 Å². The lowest BCUT2D eigenvalue weighted by Gasteiger charge is -2.48. The van der Waals surface area contributed by atoms with Crippen molar-refractivity contribution in [2.45, 2.75) is 175 Å². The molecular formula is C53H82N11O15P. The molecule has 0 spiro atoms. The van der Waals surface area contributed by atoms with Gasteiger partial charge in [0.15, 0.2) is 6.29 Å². The summed E-state index contributed by atoms with van der Waals surface area (Å²) in [5.41, 5.74) is 33.9. The van der Waals surface area contributed by atoms with E-state index in [-0.39, 0.29) is 77.2 Å². The Morgan fingerprint density at radius 2 is 1.38 bits per heavy atom. The van der Waals surface area contributed by atoms with E-state index >= 15 is 0 Å². The van der Waals surface area contributed by atoms with Gasteiger partial charge in [-0.05, 0) is 70.6 Å². The minimum Gasteiger partial charge on any atom is -0.394 e. The highest BCUT2D eigenvalue weighted by molar-refractivity contribution is 7.47. The molecule has 6 heterocycles. The predicted molar refractivity (Wildman–Crippen MR) is 291 cm³/mol. The van der Waals surface area contributed by atoms with Crippen molar-refractivity contribution in [2.75, 3.05) is 13.2 Å². The zero-order chi connectivity index (χ0) is 60.0. The summed E-state index contributed by atoms with van der Waals surface area (Å²) in [6, 6.07) is -1.04. The molecule has 27 heteroatoms. The number of hydrogen-bond donors (Lipinski definition) is 12. The van der Waals surface area contributed by atoms with Crippen molar-refractivity contribution in [3.8, 4) is 0 Å². The van der Waals surface area contributed by atoms with Crippen molar-refractivity contribution in [1.29, 1.82) is 0 Å². The number of fused-ring (bicyclic) bond motifs is 6. The smallest absolute Gasteiger partial charge is 0.394 e. The Balaban J connectivity index is 1.57. The van der Waals surface area contributed by atoms with E-state index in [9.17, 15) is 58.3 Å². The van der Waals surface area contributed by atoms with Crippen LogP contribution in [0.2, 0.25) is 0 Å². The second-order valence-corrected chi connectivity index (χ2v) is 25.4. The molecule has 8 bridgehead atoms. The molecule has 6 aliphatic heterocycles. The van der Waals surface area contributed by atoms with Crippen LogP contribution in [0.3, 0.4) is 0 Å². The molecule has 0 radical (unpaired) electrons. The molecule has 0 aromatic heterocycles. The normalized spacial score (nSPS) is 34.5. The number of carbonyl (C=O) groups excluding carboxylic acids is 7. The fourth-order valence-electron chi connectivity index (χ4n) is 13.7. The summed E-state index contributed by atoms with van der Waals surface area (Å²) < 4.78 is 28.4. The van der Waals surface area contributed by atoms with Gasteiger partial charge in [0.1, 0.15) is 18.3 Å². The standard InChI is InChI=1S/C53H82N11O15P/c1-24(78-80(75,76)79-44-32(23-65)77-48(74)43(44)73)22-60-40(72)16-17-50(6)30(18-37(57)69)47-53(9)52(8,21-39(59)71)29(12-15-36(56)68)42(64-53)26(3)46-51(7,20-38(58)70)27(10-13-34(54)66)31(61-46)19-33-49(4,5)28(11-14-35(55)67)41(62-33)25(2)45(50)63-47/h19,24,27-30,32,43-44,47-48,61,65,73-74H,10-18,20-23H2,1-9H3,(H2,54,66)(H2,55,67)(H2,56,68)(H2,57,69)(H2,58,70)(H2,59,71)(H,60,72)(H,75,76)/t24-,27-,28-,29-,30+,32-,43-,44-,47-,48+,50-,51+,52+,53+/m1/s1. The van der Waals surface area contributed by atoms with Crippen LogP contribution < -0.4 is 45.0 Å². The average Bonchev–Trinajstić information content (AvgIpc) is 4.19. The third kappa shape index (κ3) is 12.4. The minimum atomic E-state index is -5.01. The molecule has 6 aliphatic rings. The van der Waals surface area contributed by atoms with Crippen LogP contribution in [-0.4, -0.2) is 134 Å². The molecule has 18 N–H and O–H groups in total. The number of primary amides is 6. The Labute approximate surface area is 465 Å². The fraction of sp³-hybridized carbons (Fsp3) is 0.698. The molecule has 7 amide bonds. The summed E-state index contributed by atoms with van der Waals surface area (Å²) in [6.07, 6.45) is -6.79. The zero-order valence-corrected chi connectivity index (χ0v) is 48.0. The first-order valence-corrected chi connectivity index (χ1v) is 28.4. The highest BCUT2D eigenvalue weighted by Crippen LogP contribution is 2.62. The average molecular weight is 1140 g/mol. The fourth-order valence-corrected chi connectivity index (χ4v) is 14.9. The van der Waals surface area contributed by atoms with Crippen LogP contribution in [0.4, 0.5) is 0 Å². The number of phosphoric ester groups is 1. The molecule has 0 aliphatic carbocycles. The number of nitrogens with two attached hydrogens (primary N) is 6. The first-order valence-electron chi connectivity index (χ1n) is 26.9. The van der Waals surface area contributed by atoms with Gasteiger partial charge in [-0.25, -0.2) is 4.57 Å². The van der Waals surface area contributed by atoms with E-state index in [2.05, 4.69) is 10.6 Å². The first-order chi connectivity index (χ1) is 37.0. The van der Waals surface area contributed by atoms with Gasteiger partial charge >= 0.3 is 7.82 Å². The van der Waals surface area contributed by atoms with Crippen LogP contribution in [0, 0.1) is 45.3 Å². The number of rotatable bonds is 25. The summed E-state index contributed by atoms with van der Waals surface area (Å²) in [7, 11) is -5.01. The number of aliphatic imine (C=N–C) groups is 3. The van der Waals surface area contributed by atoms with Crippen molar-refractivity contribution < 1.29 is 72.1 Å². The minimum absolute atomic E-state index is 0.0156. The van der Waals surface area contributed by atoms with Crippen LogP contribution in [0.1, 0.15) is 133 Å². The number of ether oxygens (including phenoxy) is 1. The molecule has 0 saturated carbocycles. The summed E-state index contributed by atoms with van der Waals surface area (Å²) in [5, 5.41) is 36.1. The Morgan fingerprint density at radius 3 is 1.93 bits per heavy atom. The molecule has 80 heavy (non-hydrogen) atoms. The largest absolute Gasteiger partial charge is 0.472 e. The van der Waals surface area contributed by atoms with Gasteiger partial charge in [0, 0.05) is 131 Å². The highest BCUT2D eigenvalue weighted by Gasteiger charge is 2.66. The zero-order valence-electron chi connectivity index (χ0n) is 47.1. The maximum Gasteiger partial charge on any atom is 0.472 e. The predicted octanol–water partition coefficient (Wildman–Crippen LogP) is 0.316. The Bertz CT molecular complexity index is 2800. The van der Waals surface area contributed by atoms with Crippen molar-refractivity contribution in [3.05, 3.63) is 34.3 Å². The molecule has 444 valence electrons. The number of nitrogens with zero attached hydrogens (tertiary/aromatic N) is 3. The number of carbonyl (C=O) groups is 7. The van der Waals surface area contributed by atoms with Gasteiger partial charge in [0.25, 0.3) is 0 Å². The summed E-state index contributed by atoms with van der Waals surface area (Å²) in [6.45, 7) is 15.2. The van der Waals surface area contributed by atoms with Crippen LogP contribution in [-0.2, 0) is 51.9 Å². The van der Waals surface area contributed by atoms with Crippen molar-refractivity contribution in [1.82, 2.24) is 10.6 Å². The van der Waals surface area contributed by atoms with Gasteiger partial charge in [0.2, 0.25) is 41.4 Å². The van der Waals surface area contributed by atoms with Crippen molar-refractivity contribution in [2.24, 2.45) is 94.7 Å². The van der Waals surface area contributed by atoms with Crippen molar-refractivity contribution >= 4 is 66.3 Å². The van der Waals surface area contributed by atoms with Crippen LogP contribution in [0.5, 0.6) is 0 Å². The second-order valence-electron chi connectivity index (χ2n) is 24.0. The van der Waals surface area contributed by atoms with E-state index in [1.54, 1.807) is 6.92 Å². The molecule has 1 unspecified atom stereocenters. The quantitative estimate of drug-likeness (QED) is 0.0548. The molecule has 26 nitrogen and oxygen atoms in total. The number of allylic oxidation sites excluding steroid dienone is 6. The number of aliphatic hydroxyl groups excluding tert-OH is 3. The van der Waals surface area contributed by atoms with Crippen LogP contribution in [0.25, 0.3) is 0 Å². The summed E-state index contributed by atoms with van der Waals surface area (Å²) in [4.78, 5) is 120. The van der Waals surface area contributed by atoms with Gasteiger partial charge in [-0.3, -0.25) is 57.6 Å². The lowest BCUT2D eigenvalue weighted by atomic mass is 9.55. The first kappa shape index (κ1) is 63.5. The number of hydrogen-bond acceptors (Lipinski definition) is 18. The third-order valence-corrected chi connectivity index (χ3v) is 19.3. The maximum atomic E-state index is 14.1. The molecule has 2 fully saturated rings. The SMILES string of the molecule is CC1=C2N=C(C=C3NC(=C(C)C4=N[C@@](C)([C@@H]5N=C1[C@](C)(CCC(=O)NC[C@@H](C)OP(=O)(O)O[C@H]1[C@@H](O)[C@@H](O)O[C@@H]1CO)[C@H]5CC(N)=O)[C@@](C)(CC(N)=O)[C@@H]4CCC(N)=O)[C@@](C)(CC(N)=O)[C@@H]3CCC(N)=O)C(C)(C)[C@@H]2CCC(N)=O. The Morgan fingerprint density at radius 1 is 0.800 bits per heavy atom. The third-order valence-electron chi connectivity index (χ3n) is 18.1. The number of phosphoric acid groups is 1. The molecule has 2 saturated heterocycles. The molecule has 0 aromatic rings. The molecule has 0 aromatic carbocycles. The number of nitrogens with one attached hydrogen (secondary N) is 2. The molecule has 15 atom stereocenters. The molecule has 6 rings (SSSR count). The van der Waals surface area contributed by atoms with E-state index in [4.69, 9.17) is 63.2 Å². The maximum absolute atomic E-state index is 14.1. The van der Waals surface area contributed by atoms with Crippen molar-refractivity contribution in [3.63, 3.8) is 0 Å².